The fraction of sp³-hybridized carbons (Fsp3) is 0.0500. The van der Waals surface area contributed by atoms with Gasteiger partial charge in [-0.25, -0.2) is 0 Å². The Morgan fingerprint density at radius 3 is 2.27 bits per heavy atom. The molecule has 3 aromatic carbocycles. The number of carbonyl (C=O) groups is 1. The fourth-order valence-electron chi connectivity index (χ4n) is 2.37. The van der Waals surface area contributed by atoms with Gasteiger partial charge in [-0.3, -0.25) is 0 Å². The number of anilines is 1. The van der Waals surface area contributed by atoms with Gasteiger partial charge in [0.2, 0.25) is 0 Å². The number of non-ortho nitro benzene ring substituents is 1. The second kappa shape index (κ2) is 8.43. The molecule has 0 unspecified atom stereocenters. The van der Waals surface area contributed by atoms with E-state index < -0.39 is 4.92 Å². The molecule has 6 heteroatoms. The number of nitrogens with zero attached hydrogens (tertiary/aromatic N) is 1. The van der Waals surface area contributed by atoms with Crippen LogP contribution in [0, 0.1) is 10.1 Å². The van der Waals surface area contributed by atoms with E-state index in [0.29, 0.717) is 5.56 Å². The van der Waals surface area contributed by atoms with E-state index in [1.54, 1.807) is 12.1 Å². The van der Waals surface area contributed by atoms with Gasteiger partial charge in [-0.15, -0.1) is 0 Å². The second-order valence-corrected chi connectivity index (χ2v) is 7.66. The van der Waals surface area contributed by atoms with Crippen molar-refractivity contribution in [2.75, 3.05) is 5.32 Å². The van der Waals surface area contributed by atoms with Crippen molar-refractivity contribution in [1.82, 2.24) is 0 Å². The van der Waals surface area contributed by atoms with Crippen LogP contribution in [0.25, 0.3) is 0 Å². The number of para-hydroxylation sites is 1. The molecule has 0 bridgehead atoms. The molecular weight excluding hydrogens is 395 g/mol. The molecule has 1 amide bonds. The second-order valence-electron chi connectivity index (χ2n) is 5.53. The van der Waals surface area contributed by atoms with Gasteiger partial charge >= 0.3 is 157 Å². The first-order chi connectivity index (χ1) is 12.6. The van der Waals surface area contributed by atoms with Crippen molar-refractivity contribution in [2.24, 2.45) is 0 Å². The Hall–Kier alpha value is -2.95. The van der Waals surface area contributed by atoms with Crippen LogP contribution < -0.4 is 9.78 Å². The normalized spacial score (nSPS) is 10.3. The number of nitro groups is 1. The number of hydrogen-bond acceptors (Lipinski definition) is 3. The quantitative estimate of drug-likeness (QED) is 0.384. The Morgan fingerprint density at radius 2 is 1.58 bits per heavy atom. The van der Waals surface area contributed by atoms with Crippen LogP contribution in [0.1, 0.15) is 15.9 Å². The summed E-state index contributed by atoms with van der Waals surface area (Å²) in [6.45, 7) is 0. The maximum atomic E-state index is 12.6. The molecule has 0 heterocycles. The number of carbonyl (C=O) groups excluding carboxylic acids is 1. The molecule has 0 spiro atoms. The summed E-state index contributed by atoms with van der Waals surface area (Å²) >= 11 is 0.0424. The zero-order chi connectivity index (χ0) is 18.4. The van der Waals surface area contributed by atoms with Crippen LogP contribution in [0.2, 0.25) is 0 Å². The third kappa shape index (κ3) is 4.57. The van der Waals surface area contributed by atoms with Crippen LogP contribution in [-0.4, -0.2) is 25.8 Å². The average Bonchev–Trinajstić information content (AvgIpc) is 2.67. The molecule has 0 saturated carbocycles. The van der Waals surface area contributed by atoms with Crippen LogP contribution in [0.3, 0.4) is 0 Å². The van der Waals surface area contributed by atoms with Crippen molar-refractivity contribution < 1.29 is 9.72 Å². The molecule has 3 rings (SSSR count). The third-order valence-corrected chi connectivity index (χ3v) is 6.11. The van der Waals surface area contributed by atoms with Gasteiger partial charge in [-0.1, -0.05) is 0 Å². The molecule has 0 aliphatic heterocycles. The Bertz CT molecular complexity index is 912. The first kappa shape index (κ1) is 17.9. The summed E-state index contributed by atoms with van der Waals surface area (Å²) in [6.07, 6.45) is 0. The molecule has 26 heavy (non-hydrogen) atoms. The Morgan fingerprint density at radius 1 is 0.923 bits per heavy atom. The first-order valence-corrected chi connectivity index (χ1v) is 10.0. The number of nitrogens with one attached hydrogen (secondary N) is 1. The summed E-state index contributed by atoms with van der Waals surface area (Å²) in [6, 6.07) is 23.5. The van der Waals surface area contributed by atoms with E-state index in [2.05, 4.69) is 5.32 Å². The van der Waals surface area contributed by atoms with Crippen LogP contribution in [-0.2, 0) is 5.32 Å². The van der Waals surface area contributed by atoms with Gasteiger partial charge in [0.25, 0.3) is 0 Å². The predicted octanol–water partition coefficient (Wildman–Crippen LogP) is 3.38. The maximum absolute atomic E-state index is 12.6. The number of hydrogen-bond donors (Lipinski definition) is 1. The van der Waals surface area contributed by atoms with E-state index in [0.717, 1.165) is 21.0 Å². The number of nitro benzene ring substituents is 1. The van der Waals surface area contributed by atoms with Crippen molar-refractivity contribution in [3.05, 3.63) is 100 Å². The Balaban J connectivity index is 1.70. The van der Waals surface area contributed by atoms with Crippen LogP contribution in [0.15, 0.2) is 78.9 Å². The average molecular weight is 411 g/mol. The summed E-state index contributed by atoms with van der Waals surface area (Å²) in [5, 5.41) is 14.4. The fourth-order valence-corrected chi connectivity index (χ4v) is 4.48. The summed E-state index contributed by atoms with van der Waals surface area (Å²) in [5.74, 6) is -0.127. The summed E-state index contributed by atoms with van der Waals surface area (Å²) in [5.41, 5.74) is 2.53. The molecular formula is C20H16N2O3Se. The van der Waals surface area contributed by atoms with Crippen LogP contribution >= 0.6 is 0 Å². The Kier molecular flexibility index (Phi) is 5.79. The molecule has 0 radical (unpaired) electrons. The molecule has 0 aromatic heterocycles. The minimum absolute atomic E-state index is 0.0424. The van der Waals surface area contributed by atoms with Crippen molar-refractivity contribution in [2.45, 2.75) is 5.32 Å². The van der Waals surface area contributed by atoms with Gasteiger partial charge in [-0.2, -0.15) is 0 Å². The van der Waals surface area contributed by atoms with Crippen molar-refractivity contribution in [1.29, 1.82) is 0 Å². The minimum atomic E-state index is -0.405. The Labute approximate surface area is 157 Å². The van der Waals surface area contributed by atoms with Crippen molar-refractivity contribution in [3.63, 3.8) is 0 Å². The molecule has 0 fully saturated rings. The first-order valence-electron chi connectivity index (χ1n) is 7.95. The van der Waals surface area contributed by atoms with Gasteiger partial charge in [0.05, 0.1) is 0 Å². The summed E-state index contributed by atoms with van der Waals surface area (Å²) in [4.78, 5) is 22.9. The monoisotopic (exact) mass is 412 g/mol. The molecule has 1 N–H and O–H groups in total. The molecule has 0 atom stereocenters. The van der Waals surface area contributed by atoms with Crippen LogP contribution in [0.4, 0.5) is 11.4 Å². The standard InChI is InChI=1S/C20H16N2O3Se/c23-20(21-16-6-2-1-3-7-16)18-8-4-5-9-19(18)26-14-15-10-12-17(13-11-15)22(24)25/h1-13H,14H2,(H,21,23). The molecule has 130 valence electrons. The molecule has 3 aromatic rings. The topological polar surface area (TPSA) is 72.2 Å². The van der Waals surface area contributed by atoms with Crippen LogP contribution in [0.5, 0.6) is 0 Å². The van der Waals surface area contributed by atoms with E-state index >= 15 is 0 Å². The van der Waals surface area contributed by atoms with Gasteiger partial charge in [0.15, 0.2) is 0 Å². The van der Waals surface area contributed by atoms with Gasteiger partial charge < -0.3 is 0 Å². The molecule has 5 nitrogen and oxygen atoms in total. The van der Waals surface area contributed by atoms with Crippen molar-refractivity contribution >= 4 is 36.7 Å². The zero-order valence-electron chi connectivity index (χ0n) is 13.8. The van der Waals surface area contributed by atoms with E-state index in [1.165, 1.54) is 12.1 Å². The number of rotatable bonds is 6. The number of amides is 1. The van der Waals surface area contributed by atoms with E-state index in [9.17, 15) is 14.9 Å². The van der Waals surface area contributed by atoms with Gasteiger partial charge in [0, 0.05) is 0 Å². The van der Waals surface area contributed by atoms with Gasteiger partial charge in [0.1, 0.15) is 0 Å². The third-order valence-electron chi connectivity index (χ3n) is 3.70. The van der Waals surface area contributed by atoms with Crippen molar-refractivity contribution in [3.8, 4) is 0 Å². The SMILES string of the molecule is O=C(Nc1ccccc1)c1ccccc1[Se]Cc1ccc([N+](=O)[O-])cc1. The zero-order valence-corrected chi connectivity index (χ0v) is 15.5. The molecule has 0 saturated heterocycles. The summed E-state index contributed by atoms with van der Waals surface area (Å²) < 4.78 is 1.01. The molecule has 0 aliphatic rings. The predicted molar refractivity (Wildman–Crippen MR) is 103 cm³/mol. The molecule has 0 aliphatic carbocycles. The van der Waals surface area contributed by atoms with Gasteiger partial charge in [-0.05, 0) is 0 Å². The van der Waals surface area contributed by atoms with E-state index in [1.807, 2.05) is 54.6 Å². The van der Waals surface area contributed by atoms with E-state index in [4.69, 9.17) is 0 Å². The summed E-state index contributed by atoms with van der Waals surface area (Å²) in [7, 11) is 0. The number of benzene rings is 3. The van der Waals surface area contributed by atoms with E-state index in [-0.39, 0.29) is 26.6 Å².